The second kappa shape index (κ2) is 11.2. The number of unbranched alkanes of at least 4 members (excludes halogenated alkanes) is 1. The molecule has 2 rings (SSSR count). The number of hydrogen-bond acceptors (Lipinski definition) is 2. The zero-order chi connectivity index (χ0) is 18.0. The van der Waals surface area contributed by atoms with Gasteiger partial charge in [-0.2, -0.15) is 0 Å². The summed E-state index contributed by atoms with van der Waals surface area (Å²) in [5, 5.41) is 4.52. The van der Waals surface area contributed by atoms with Crippen molar-refractivity contribution >= 4 is 29.2 Å². The third-order valence-electron chi connectivity index (χ3n) is 4.75. The number of hydrogen-bond donors (Lipinski definition) is 0. The minimum atomic E-state index is 0.377. The summed E-state index contributed by atoms with van der Waals surface area (Å²) in [6, 6.07) is 2.40. The van der Waals surface area contributed by atoms with Crippen molar-refractivity contribution in [3.8, 4) is 0 Å². The van der Waals surface area contributed by atoms with E-state index in [1.807, 2.05) is 25.2 Å². The van der Waals surface area contributed by atoms with Crippen LogP contribution in [0.15, 0.2) is 28.5 Å². The van der Waals surface area contributed by atoms with Gasteiger partial charge in [-0.3, -0.25) is 0 Å². The quantitative estimate of drug-likeness (QED) is 0.447. The van der Waals surface area contributed by atoms with Crippen molar-refractivity contribution in [1.29, 1.82) is 0 Å². The third-order valence-corrected chi connectivity index (χ3v) is 6.02. The predicted molar refractivity (Wildman–Crippen MR) is 116 cm³/mol. The van der Waals surface area contributed by atoms with E-state index in [0.29, 0.717) is 5.41 Å². The fourth-order valence-electron chi connectivity index (χ4n) is 3.49. The van der Waals surface area contributed by atoms with E-state index in [2.05, 4.69) is 56.0 Å². The Morgan fingerprint density at radius 1 is 1.29 bits per heavy atom. The molecule has 0 bridgehead atoms. The van der Waals surface area contributed by atoms with Crippen LogP contribution in [0, 0.1) is 5.92 Å². The highest BCUT2D eigenvalue weighted by Crippen LogP contribution is 2.48. The fraction of sp³-hybridized carbons (Fsp3) is 0.636. The highest BCUT2D eigenvalue weighted by Gasteiger charge is 2.36. The Morgan fingerprint density at radius 3 is 2.67 bits per heavy atom. The van der Waals surface area contributed by atoms with E-state index >= 15 is 0 Å². The molecule has 24 heavy (non-hydrogen) atoms. The van der Waals surface area contributed by atoms with Crippen molar-refractivity contribution in [3.63, 3.8) is 0 Å². The number of fused-ring (bicyclic) bond motifs is 1. The SMILES string of the molecule is CC.CCCCC1(CCC(C)C)CC(/C=C\SC)=Cc2sccc21. The van der Waals surface area contributed by atoms with Crippen LogP contribution in [0.1, 0.15) is 83.6 Å². The van der Waals surface area contributed by atoms with Crippen LogP contribution >= 0.6 is 23.1 Å². The molecule has 0 nitrogen and oxygen atoms in total. The Morgan fingerprint density at radius 2 is 2.04 bits per heavy atom. The first-order valence-corrected chi connectivity index (χ1v) is 11.8. The summed E-state index contributed by atoms with van der Waals surface area (Å²) in [6.45, 7) is 11.0. The van der Waals surface area contributed by atoms with Gasteiger partial charge >= 0.3 is 0 Å². The standard InChI is InChI=1S/C20H30S2.C2H6/c1-5-6-10-20(11-7-16(2)3)15-17(8-12-21-4)14-19-18(20)9-13-22-19;1-2/h8-9,12-14,16H,5-7,10-11,15H2,1-4H3;1-2H3/b12-8-;. The van der Waals surface area contributed by atoms with Gasteiger partial charge in [-0.25, -0.2) is 0 Å². The van der Waals surface area contributed by atoms with E-state index < -0.39 is 0 Å². The molecular weight excluding hydrogens is 328 g/mol. The number of allylic oxidation sites excluding steroid dienone is 2. The Labute approximate surface area is 158 Å². The van der Waals surface area contributed by atoms with E-state index in [1.54, 1.807) is 17.3 Å². The van der Waals surface area contributed by atoms with Gasteiger partial charge in [0.15, 0.2) is 0 Å². The summed E-state index contributed by atoms with van der Waals surface area (Å²) < 4.78 is 0. The number of thiophene rings is 1. The summed E-state index contributed by atoms with van der Waals surface area (Å²) in [7, 11) is 0. The zero-order valence-corrected chi connectivity index (χ0v) is 18.2. The zero-order valence-electron chi connectivity index (χ0n) is 16.5. The molecule has 0 N–H and O–H groups in total. The predicted octanol–water partition coefficient (Wildman–Crippen LogP) is 8.30. The maximum atomic E-state index is 2.42. The number of rotatable bonds is 8. The molecule has 1 heterocycles. The van der Waals surface area contributed by atoms with Crippen LogP contribution in [0.25, 0.3) is 6.08 Å². The van der Waals surface area contributed by atoms with Crippen LogP contribution in [0.4, 0.5) is 0 Å². The Balaban J connectivity index is 0.00000139. The van der Waals surface area contributed by atoms with E-state index in [4.69, 9.17) is 0 Å². The van der Waals surface area contributed by atoms with Crippen LogP contribution in [-0.2, 0) is 5.41 Å². The molecule has 0 saturated heterocycles. The second-order valence-electron chi connectivity index (χ2n) is 6.95. The van der Waals surface area contributed by atoms with Gasteiger partial charge in [-0.15, -0.1) is 23.1 Å². The van der Waals surface area contributed by atoms with E-state index in [-0.39, 0.29) is 0 Å². The first-order valence-electron chi connectivity index (χ1n) is 9.59. The largest absolute Gasteiger partial charge is 0.144 e. The molecule has 1 aliphatic carbocycles. The van der Waals surface area contributed by atoms with Crippen LogP contribution in [0.2, 0.25) is 0 Å². The smallest absolute Gasteiger partial charge is 0.0310 e. The highest BCUT2D eigenvalue weighted by atomic mass is 32.2. The van der Waals surface area contributed by atoms with Crippen molar-refractivity contribution in [3.05, 3.63) is 38.9 Å². The first-order chi connectivity index (χ1) is 11.6. The minimum Gasteiger partial charge on any atom is -0.144 e. The molecule has 0 saturated carbocycles. The molecule has 1 unspecified atom stereocenters. The van der Waals surface area contributed by atoms with Gasteiger partial charge in [-0.1, -0.05) is 60.0 Å². The summed E-state index contributed by atoms with van der Waals surface area (Å²) in [4.78, 5) is 1.51. The molecule has 0 spiro atoms. The second-order valence-corrected chi connectivity index (χ2v) is 8.64. The minimum absolute atomic E-state index is 0.377. The van der Waals surface area contributed by atoms with Gasteiger partial charge < -0.3 is 0 Å². The molecule has 1 aliphatic rings. The molecule has 1 aromatic heterocycles. The molecule has 2 heteroatoms. The topological polar surface area (TPSA) is 0 Å². The maximum Gasteiger partial charge on any atom is 0.0310 e. The van der Waals surface area contributed by atoms with Gasteiger partial charge in [-0.05, 0) is 65.5 Å². The van der Waals surface area contributed by atoms with Crippen molar-refractivity contribution in [2.24, 2.45) is 5.92 Å². The number of thioether (sulfide) groups is 1. The summed E-state index contributed by atoms with van der Waals surface area (Å²) in [5.74, 6) is 0.789. The summed E-state index contributed by atoms with van der Waals surface area (Å²) in [6.07, 6.45) is 14.8. The molecule has 136 valence electrons. The van der Waals surface area contributed by atoms with Crippen molar-refractivity contribution in [2.75, 3.05) is 6.26 Å². The molecule has 0 aromatic carbocycles. The molecule has 0 fully saturated rings. The van der Waals surface area contributed by atoms with Gasteiger partial charge in [0.25, 0.3) is 0 Å². The lowest BCUT2D eigenvalue weighted by Crippen LogP contribution is -2.29. The highest BCUT2D eigenvalue weighted by molar-refractivity contribution is 8.01. The van der Waals surface area contributed by atoms with Gasteiger partial charge in [0.1, 0.15) is 0 Å². The van der Waals surface area contributed by atoms with Crippen LogP contribution in [-0.4, -0.2) is 6.26 Å². The fourth-order valence-corrected chi connectivity index (χ4v) is 4.78. The van der Waals surface area contributed by atoms with E-state index in [1.165, 1.54) is 49.0 Å². The van der Waals surface area contributed by atoms with Crippen LogP contribution < -0.4 is 0 Å². The van der Waals surface area contributed by atoms with Gasteiger partial charge in [0, 0.05) is 10.3 Å². The van der Waals surface area contributed by atoms with Gasteiger partial charge in [0.05, 0.1) is 0 Å². The molecule has 1 aromatic rings. The van der Waals surface area contributed by atoms with E-state index in [9.17, 15) is 0 Å². The maximum absolute atomic E-state index is 2.42. The Hall–Kier alpha value is -0.470. The van der Waals surface area contributed by atoms with Crippen LogP contribution in [0.5, 0.6) is 0 Å². The average molecular weight is 365 g/mol. The summed E-state index contributed by atoms with van der Waals surface area (Å²) >= 11 is 3.71. The lowest BCUT2D eigenvalue weighted by molar-refractivity contribution is 0.320. The Kier molecular flexibility index (Phi) is 10.1. The van der Waals surface area contributed by atoms with Crippen molar-refractivity contribution in [2.45, 2.75) is 78.6 Å². The van der Waals surface area contributed by atoms with Gasteiger partial charge in [0.2, 0.25) is 0 Å². The average Bonchev–Trinajstić information content (AvgIpc) is 3.07. The molecule has 1 atom stereocenters. The third kappa shape index (κ3) is 5.81. The van der Waals surface area contributed by atoms with Crippen molar-refractivity contribution in [1.82, 2.24) is 0 Å². The van der Waals surface area contributed by atoms with Crippen LogP contribution in [0.3, 0.4) is 0 Å². The molecule has 0 aliphatic heterocycles. The molecule has 0 radical (unpaired) electrons. The van der Waals surface area contributed by atoms with E-state index in [0.717, 1.165) is 5.92 Å². The van der Waals surface area contributed by atoms with Crippen molar-refractivity contribution < 1.29 is 0 Å². The first kappa shape index (κ1) is 21.6. The lowest BCUT2D eigenvalue weighted by Gasteiger charge is -2.38. The molecular formula is C22H36S2. The molecule has 0 amide bonds. The lowest BCUT2D eigenvalue weighted by atomic mass is 9.66. The monoisotopic (exact) mass is 364 g/mol. The normalized spacial score (nSPS) is 19.9. The summed E-state index contributed by atoms with van der Waals surface area (Å²) in [5.41, 5.74) is 3.53. The Bertz CT molecular complexity index is 522.